The third-order valence-corrected chi connectivity index (χ3v) is 3.64. The minimum atomic E-state index is -4.35. The summed E-state index contributed by atoms with van der Waals surface area (Å²) in [5.74, 6) is 0.241. The number of ether oxygens (including phenoxy) is 1. The fourth-order valence-electron chi connectivity index (χ4n) is 1.93. The highest BCUT2D eigenvalue weighted by atomic mass is 79.9. The molecule has 2 unspecified atom stereocenters. The van der Waals surface area contributed by atoms with E-state index in [1.54, 1.807) is 0 Å². The molecule has 2 rings (SSSR count). The van der Waals surface area contributed by atoms with Gasteiger partial charge in [0.15, 0.2) is 0 Å². The lowest BCUT2D eigenvalue weighted by atomic mass is 10.2. The zero-order valence-electron chi connectivity index (χ0n) is 9.72. The summed E-state index contributed by atoms with van der Waals surface area (Å²) in [6.07, 6.45) is -3.65. The zero-order chi connectivity index (χ0) is 13.3. The van der Waals surface area contributed by atoms with Gasteiger partial charge in [-0.15, -0.1) is 0 Å². The van der Waals surface area contributed by atoms with Gasteiger partial charge in [-0.2, -0.15) is 13.2 Å². The third kappa shape index (κ3) is 2.98. The van der Waals surface area contributed by atoms with Crippen LogP contribution in [0, 0.1) is 0 Å². The summed E-state index contributed by atoms with van der Waals surface area (Å²) in [7, 11) is 0. The minimum Gasteiger partial charge on any atom is -0.488 e. The topological polar surface area (TPSA) is 21.3 Å². The van der Waals surface area contributed by atoms with Gasteiger partial charge >= 0.3 is 6.18 Å². The molecule has 2 nitrogen and oxygen atoms in total. The second-order valence-corrected chi connectivity index (χ2v) is 5.19. The average Bonchev–Trinajstić information content (AvgIpc) is 2.66. The molecule has 0 amide bonds. The minimum absolute atomic E-state index is 0.0928. The maximum atomic E-state index is 12.6. The molecule has 1 heterocycles. The summed E-state index contributed by atoms with van der Waals surface area (Å²) >= 11 is 3.21. The molecule has 18 heavy (non-hydrogen) atoms. The molecule has 2 atom stereocenters. The molecule has 1 fully saturated rings. The Morgan fingerprint density at radius 1 is 1.39 bits per heavy atom. The molecule has 0 saturated carbocycles. The molecular weight excluding hydrogens is 311 g/mol. The van der Waals surface area contributed by atoms with Crippen LogP contribution in [-0.2, 0) is 6.18 Å². The molecule has 1 N–H and O–H groups in total. The molecular formula is C12H13BrF3NO. The maximum absolute atomic E-state index is 12.6. The van der Waals surface area contributed by atoms with Gasteiger partial charge in [0, 0.05) is 6.04 Å². The van der Waals surface area contributed by atoms with Gasteiger partial charge in [-0.05, 0) is 54.0 Å². The lowest BCUT2D eigenvalue weighted by Crippen LogP contribution is -2.30. The summed E-state index contributed by atoms with van der Waals surface area (Å²) in [6, 6.07) is 3.58. The first-order chi connectivity index (χ1) is 8.38. The van der Waals surface area contributed by atoms with E-state index in [2.05, 4.69) is 21.2 Å². The molecule has 0 bridgehead atoms. The van der Waals surface area contributed by atoms with E-state index in [0.29, 0.717) is 4.47 Å². The van der Waals surface area contributed by atoms with Gasteiger partial charge in [-0.25, -0.2) is 0 Å². The number of hydrogen-bond donors (Lipinski definition) is 1. The summed E-state index contributed by atoms with van der Waals surface area (Å²) in [5.41, 5.74) is -0.695. The van der Waals surface area contributed by atoms with Crippen molar-refractivity contribution < 1.29 is 17.9 Å². The molecule has 0 spiro atoms. The van der Waals surface area contributed by atoms with Crippen LogP contribution in [0.1, 0.15) is 18.9 Å². The van der Waals surface area contributed by atoms with Gasteiger partial charge in [-0.3, -0.25) is 0 Å². The maximum Gasteiger partial charge on any atom is 0.416 e. The highest BCUT2D eigenvalue weighted by Gasteiger charge is 2.32. The predicted molar refractivity (Wildman–Crippen MR) is 65.6 cm³/mol. The van der Waals surface area contributed by atoms with Gasteiger partial charge in [0.2, 0.25) is 0 Å². The van der Waals surface area contributed by atoms with Crippen molar-refractivity contribution in [2.24, 2.45) is 0 Å². The lowest BCUT2D eigenvalue weighted by Gasteiger charge is -2.19. The molecule has 1 aliphatic rings. The van der Waals surface area contributed by atoms with Crippen LogP contribution in [0.15, 0.2) is 22.7 Å². The highest BCUT2D eigenvalue weighted by molar-refractivity contribution is 9.10. The Balaban J connectivity index is 2.21. The Morgan fingerprint density at radius 2 is 2.11 bits per heavy atom. The first-order valence-corrected chi connectivity index (χ1v) is 6.44. The van der Waals surface area contributed by atoms with Gasteiger partial charge < -0.3 is 10.1 Å². The van der Waals surface area contributed by atoms with Crippen LogP contribution in [0.3, 0.4) is 0 Å². The highest BCUT2D eigenvalue weighted by Crippen LogP contribution is 2.36. The van der Waals surface area contributed by atoms with E-state index in [0.717, 1.165) is 25.1 Å². The van der Waals surface area contributed by atoms with Crippen molar-refractivity contribution in [3.8, 4) is 5.75 Å². The van der Waals surface area contributed by atoms with Crippen LogP contribution in [0.4, 0.5) is 13.2 Å². The number of nitrogens with one attached hydrogen (secondary N) is 1. The molecule has 0 radical (unpaired) electrons. The van der Waals surface area contributed by atoms with Crippen molar-refractivity contribution in [2.45, 2.75) is 31.7 Å². The Morgan fingerprint density at radius 3 is 2.67 bits per heavy atom. The predicted octanol–water partition coefficient (Wildman–Crippen LogP) is 3.60. The van der Waals surface area contributed by atoms with Crippen molar-refractivity contribution in [1.82, 2.24) is 5.32 Å². The summed E-state index contributed by atoms with van der Waals surface area (Å²) in [6.45, 7) is 2.78. The van der Waals surface area contributed by atoms with Crippen molar-refractivity contribution in [2.75, 3.05) is 6.54 Å². The number of hydrogen-bond acceptors (Lipinski definition) is 2. The van der Waals surface area contributed by atoms with E-state index in [4.69, 9.17) is 4.74 Å². The standard InChI is InChI=1S/C12H13BrF3NO/c1-7-10(4-5-17-7)18-11-6-8(12(14,15)16)2-3-9(11)13/h2-3,6-7,10,17H,4-5H2,1H3. The monoisotopic (exact) mass is 323 g/mol. The summed E-state index contributed by atoms with van der Waals surface area (Å²) in [4.78, 5) is 0. The Kier molecular flexibility index (Phi) is 3.87. The van der Waals surface area contributed by atoms with E-state index in [1.165, 1.54) is 6.07 Å². The largest absolute Gasteiger partial charge is 0.488 e. The second kappa shape index (κ2) is 5.09. The molecule has 1 aromatic carbocycles. The number of alkyl halides is 3. The Hall–Kier alpha value is -0.750. The van der Waals surface area contributed by atoms with E-state index in [1.807, 2.05) is 6.92 Å². The van der Waals surface area contributed by atoms with Crippen LogP contribution < -0.4 is 10.1 Å². The van der Waals surface area contributed by atoms with Crippen molar-refractivity contribution >= 4 is 15.9 Å². The number of halogens is 4. The van der Waals surface area contributed by atoms with Crippen molar-refractivity contribution in [1.29, 1.82) is 0 Å². The molecule has 100 valence electrons. The summed E-state index contributed by atoms with van der Waals surface area (Å²) < 4.78 is 44.0. The summed E-state index contributed by atoms with van der Waals surface area (Å²) in [5, 5.41) is 3.19. The SMILES string of the molecule is CC1NCCC1Oc1cc(C(F)(F)F)ccc1Br. The van der Waals surface area contributed by atoms with Crippen molar-refractivity contribution in [3.05, 3.63) is 28.2 Å². The fourth-order valence-corrected chi connectivity index (χ4v) is 2.27. The average molecular weight is 324 g/mol. The number of benzene rings is 1. The number of rotatable bonds is 2. The third-order valence-electron chi connectivity index (χ3n) is 2.99. The molecule has 1 saturated heterocycles. The molecule has 1 aliphatic heterocycles. The van der Waals surface area contributed by atoms with Crippen LogP contribution in [0.2, 0.25) is 0 Å². The van der Waals surface area contributed by atoms with Gasteiger partial charge in [0.25, 0.3) is 0 Å². The van der Waals surface area contributed by atoms with Crippen molar-refractivity contribution in [3.63, 3.8) is 0 Å². The zero-order valence-corrected chi connectivity index (χ0v) is 11.3. The molecule has 6 heteroatoms. The van der Waals surface area contributed by atoms with E-state index in [9.17, 15) is 13.2 Å². The van der Waals surface area contributed by atoms with Crippen LogP contribution in [-0.4, -0.2) is 18.7 Å². The second-order valence-electron chi connectivity index (χ2n) is 4.33. The Labute approximate surface area is 112 Å². The Bertz CT molecular complexity index is 436. The van der Waals surface area contributed by atoms with Gasteiger partial charge in [0.05, 0.1) is 10.0 Å². The molecule has 1 aromatic rings. The lowest BCUT2D eigenvalue weighted by molar-refractivity contribution is -0.137. The van der Waals surface area contributed by atoms with E-state index < -0.39 is 11.7 Å². The van der Waals surface area contributed by atoms with Crippen LogP contribution in [0.25, 0.3) is 0 Å². The van der Waals surface area contributed by atoms with Crippen LogP contribution >= 0.6 is 15.9 Å². The smallest absolute Gasteiger partial charge is 0.416 e. The first kappa shape index (κ1) is 13.7. The molecule has 0 aliphatic carbocycles. The van der Waals surface area contributed by atoms with E-state index >= 15 is 0 Å². The van der Waals surface area contributed by atoms with Crippen LogP contribution in [0.5, 0.6) is 5.75 Å². The normalized spacial score (nSPS) is 24.3. The quantitative estimate of drug-likeness (QED) is 0.898. The van der Waals surface area contributed by atoms with Gasteiger partial charge in [0.1, 0.15) is 11.9 Å². The van der Waals surface area contributed by atoms with E-state index in [-0.39, 0.29) is 17.9 Å². The van der Waals surface area contributed by atoms with Gasteiger partial charge in [-0.1, -0.05) is 0 Å². The fraction of sp³-hybridized carbons (Fsp3) is 0.500. The molecule has 0 aromatic heterocycles. The first-order valence-electron chi connectivity index (χ1n) is 5.64.